The standard InChI is InChI=1S/C18H12F4N2O3S/c19-12-1-3-13(4-2-12)27-16-9-11(7-8-23-16)10-24-28(25,26)15-6-5-14(20)17(21)18(15)22/h1-9,24H,10H2. The van der Waals surface area contributed by atoms with Crippen molar-refractivity contribution in [2.45, 2.75) is 11.4 Å². The topological polar surface area (TPSA) is 68.3 Å². The molecule has 0 unspecified atom stereocenters. The molecular formula is C18H12F4N2O3S. The molecule has 1 N–H and O–H groups in total. The van der Waals surface area contributed by atoms with E-state index in [1.54, 1.807) is 0 Å². The highest BCUT2D eigenvalue weighted by molar-refractivity contribution is 7.89. The molecule has 0 fully saturated rings. The van der Waals surface area contributed by atoms with Crippen LogP contribution in [-0.4, -0.2) is 13.4 Å². The van der Waals surface area contributed by atoms with E-state index >= 15 is 0 Å². The second-order valence-electron chi connectivity index (χ2n) is 5.56. The first-order chi connectivity index (χ1) is 13.3. The second kappa shape index (κ2) is 7.95. The predicted molar refractivity (Wildman–Crippen MR) is 91.1 cm³/mol. The number of rotatable bonds is 6. The Balaban J connectivity index is 1.74. The van der Waals surface area contributed by atoms with E-state index in [1.807, 2.05) is 0 Å². The van der Waals surface area contributed by atoms with Crippen LogP contribution in [0.25, 0.3) is 0 Å². The van der Waals surface area contributed by atoms with Crippen molar-refractivity contribution in [1.29, 1.82) is 0 Å². The molecule has 0 aliphatic rings. The van der Waals surface area contributed by atoms with Crippen LogP contribution in [0.15, 0.2) is 59.6 Å². The van der Waals surface area contributed by atoms with Crippen LogP contribution in [0.3, 0.4) is 0 Å². The first-order valence-corrected chi connectivity index (χ1v) is 9.26. The molecule has 28 heavy (non-hydrogen) atoms. The number of nitrogens with zero attached hydrogens (tertiary/aromatic N) is 1. The summed E-state index contributed by atoms with van der Waals surface area (Å²) in [4.78, 5) is 2.94. The van der Waals surface area contributed by atoms with Gasteiger partial charge < -0.3 is 4.74 Å². The summed E-state index contributed by atoms with van der Waals surface area (Å²) in [5.41, 5.74) is 0.402. The lowest BCUT2D eigenvalue weighted by Gasteiger charge is -2.10. The second-order valence-corrected chi connectivity index (χ2v) is 7.29. The normalized spacial score (nSPS) is 11.4. The van der Waals surface area contributed by atoms with Crippen molar-refractivity contribution in [2.75, 3.05) is 0 Å². The van der Waals surface area contributed by atoms with Crippen molar-refractivity contribution in [3.05, 3.63) is 83.6 Å². The fourth-order valence-corrected chi connectivity index (χ4v) is 3.30. The molecule has 3 rings (SSSR count). The molecule has 2 aromatic carbocycles. The summed E-state index contributed by atoms with van der Waals surface area (Å²) in [5.74, 6) is -5.18. The Hall–Kier alpha value is -2.98. The summed E-state index contributed by atoms with van der Waals surface area (Å²) in [6, 6.07) is 9.21. The lowest BCUT2D eigenvalue weighted by Crippen LogP contribution is -2.24. The number of nitrogens with one attached hydrogen (secondary N) is 1. The van der Waals surface area contributed by atoms with E-state index in [1.165, 1.54) is 42.6 Å². The third-order valence-corrected chi connectivity index (χ3v) is 5.01. The molecule has 146 valence electrons. The van der Waals surface area contributed by atoms with Gasteiger partial charge in [-0.2, -0.15) is 0 Å². The molecule has 0 saturated heterocycles. The number of sulfonamides is 1. The fourth-order valence-electron chi connectivity index (χ4n) is 2.21. The summed E-state index contributed by atoms with van der Waals surface area (Å²) in [6.45, 7) is -0.289. The fraction of sp³-hybridized carbons (Fsp3) is 0.0556. The van der Waals surface area contributed by atoms with Gasteiger partial charge in [-0.05, 0) is 48.0 Å². The van der Waals surface area contributed by atoms with Crippen LogP contribution in [0.2, 0.25) is 0 Å². The quantitative estimate of drug-likeness (QED) is 0.493. The van der Waals surface area contributed by atoms with Gasteiger partial charge in [0, 0.05) is 18.8 Å². The molecule has 5 nitrogen and oxygen atoms in total. The van der Waals surface area contributed by atoms with Crippen molar-refractivity contribution in [3.8, 4) is 11.6 Å². The highest BCUT2D eigenvalue weighted by atomic mass is 32.2. The Kier molecular flexibility index (Phi) is 5.61. The lowest BCUT2D eigenvalue weighted by atomic mass is 10.3. The van der Waals surface area contributed by atoms with E-state index < -0.39 is 38.2 Å². The zero-order valence-corrected chi connectivity index (χ0v) is 14.8. The monoisotopic (exact) mass is 412 g/mol. The van der Waals surface area contributed by atoms with E-state index in [0.29, 0.717) is 23.4 Å². The zero-order valence-electron chi connectivity index (χ0n) is 14.0. The SMILES string of the molecule is O=S(=O)(NCc1ccnc(Oc2ccc(F)cc2)c1)c1ccc(F)c(F)c1F. The maximum Gasteiger partial charge on any atom is 0.243 e. The van der Waals surface area contributed by atoms with Crippen LogP contribution >= 0.6 is 0 Å². The maximum atomic E-state index is 13.7. The Labute approximate surface area is 157 Å². The molecular weight excluding hydrogens is 400 g/mol. The number of hydrogen-bond acceptors (Lipinski definition) is 4. The predicted octanol–water partition coefficient (Wildman–Crippen LogP) is 3.91. The lowest BCUT2D eigenvalue weighted by molar-refractivity contribution is 0.431. The van der Waals surface area contributed by atoms with Crippen molar-refractivity contribution in [2.24, 2.45) is 0 Å². The Bertz CT molecular complexity index is 1110. The summed E-state index contributed by atoms with van der Waals surface area (Å²) in [7, 11) is -4.44. The van der Waals surface area contributed by atoms with Gasteiger partial charge in [0.25, 0.3) is 0 Å². The van der Waals surface area contributed by atoms with E-state index in [4.69, 9.17) is 4.74 Å². The molecule has 3 aromatic rings. The van der Waals surface area contributed by atoms with Crippen molar-refractivity contribution >= 4 is 10.0 Å². The summed E-state index contributed by atoms with van der Waals surface area (Å²) < 4.78 is 84.8. The number of hydrogen-bond donors (Lipinski definition) is 1. The number of benzene rings is 2. The average Bonchev–Trinajstić information content (AvgIpc) is 2.67. The minimum absolute atomic E-state index is 0.113. The van der Waals surface area contributed by atoms with E-state index in [-0.39, 0.29) is 12.4 Å². The van der Waals surface area contributed by atoms with E-state index in [9.17, 15) is 26.0 Å². The van der Waals surface area contributed by atoms with Crippen LogP contribution < -0.4 is 9.46 Å². The highest BCUT2D eigenvalue weighted by Crippen LogP contribution is 2.22. The first kappa shape index (κ1) is 19.8. The molecule has 0 aliphatic heterocycles. The van der Waals surface area contributed by atoms with Crippen molar-refractivity contribution < 1.29 is 30.7 Å². The smallest absolute Gasteiger partial charge is 0.243 e. The Morgan fingerprint density at radius 3 is 2.36 bits per heavy atom. The van der Waals surface area contributed by atoms with Crippen LogP contribution in [0.4, 0.5) is 17.6 Å². The Morgan fingerprint density at radius 1 is 0.929 bits per heavy atom. The number of pyridine rings is 1. The molecule has 10 heteroatoms. The molecule has 0 amide bonds. The van der Waals surface area contributed by atoms with Gasteiger partial charge in [0.05, 0.1) is 0 Å². The molecule has 0 bridgehead atoms. The zero-order chi connectivity index (χ0) is 20.3. The summed E-state index contributed by atoms with van der Waals surface area (Å²) >= 11 is 0. The first-order valence-electron chi connectivity index (χ1n) is 7.78. The minimum atomic E-state index is -4.44. The third-order valence-electron chi connectivity index (χ3n) is 3.59. The number of ether oxygens (including phenoxy) is 1. The minimum Gasteiger partial charge on any atom is -0.439 e. The van der Waals surface area contributed by atoms with Gasteiger partial charge in [-0.15, -0.1) is 0 Å². The van der Waals surface area contributed by atoms with Gasteiger partial charge in [0.15, 0.2) is 17.5 Å². The van der Waals surface area contributed by atoms with Crippen molar-refractivity contribution in [3.63, 3.8) is 0 Å². The Morgan fingerprint density at radius 2 is 1.64 bits per heavy atom. The molecule has 0 radical (unpaired) electrons. The summed E-state index contributed by atoms with van der Waals surface area (Å²) in [6.07, 6.45) is 1.35. The van der Waals surface area contributed by atoms with Gasteiger partial charge in [0.2, 0.25) is 15.9 Å². The van der Waals surface area contributed by atoms with Gasteiger partial charge in [-0.3, -0.25) is 0 Å². The van der Waals surface area contributed by atoms with Crippen LogP contribution in [-0.2, 0) is 16.6 Å². The number of aromatic nitrogens is 1. The van der Waals surface area contributed by atoms with Crippen LogP contribution in [0.1, 0.15) is 5.56 Å². The largest absolute Gasteiger partial charge is 0.439 e. The van der Waals surface area contributed by atoms with E-state index in [0.717, 1.165) is 0 Å². The van der Waals surface area contributed by atoms with Gasteiger partial charge in [-0.25, -0.2) is 35.7 Å². The molecule has 1 heterocycles. The number of halogens is 4. The van der Waals surface area contributed by atoms with Crippen molar-refractivity contribution in [1.82, 2.24) is 9.71 Å². The molecule has 0 atom stereocenters. The van der Waals surface area contributed by atoms with Gasteiger partial charge in [-0.1, -0.05) is 0 Å². The highest BCUT2D eigenvalue weighted by Gasteiger charge is 2.23. The third kappa shape index (κ3) is 4.46. The van der Waals surface area contributed by atoms with Crippen LogP contribution in [0.5, 0.6) is 11.6 Å². The van der Waals surface area contributed by atoms with E-state index in [2.05, 4.69) is 9.71 Å². The molecule has 0 spiro atoms. The van der Waals surface area contributed by atoms with Gasteiger partial charge >= 0.3 is 0 Å². The molecule has 0 saturated carbocycles. The molecule has 0 aliphatic carbocycles. The summed E-state index contributed by atoms with van der Waals surface area (Å²) in [5, 5.41) is 0. The van der Waals surface area contributed by atoms with Crippen LogP contribution in [0, 0.1) is 23.3 Å². The maximum absolute atomic E-state index is 13.7. The molecule has 1 aromatic heterocycles. The van der Waals surface area contributed by atoms with Gasteiger partial charge in [0.1, 0.15) is 16.5 Å². The average molecular weight is 412 g/mol.